The third-order valence-corrected chi connectivity index (χ3v) is 2.96. The summed E-state index contributed by atoms with van der Waals surface area (Å²) in [7, 11) is 1.33. The Bertz CT molecular complexity index is 559. The Balaban J connectivity index is 2.36. The Hall–Kier alpha value is -1.81. The lowest BCUT2D eigenvalue weighted by Crippen LogP contribution is -2.09. The Morgan fingerprint density at radius 2 is 2.22 bits per heavy atom. The molecule has 0 aliphatic rings. The summed E-state index contributed by atoms with van der Waals surface area (Å²) >= 11 is 0. The van der Waals surface area contributed by atoms with Crippen LogP contribution in [-0.2, 0) is 4.74 Å². The summed E-state index contributed by atoms with van der Waals surface area (Å²) in [4.78, 5) is 11.4. The number of rotatable bonds is 4. The molecule has 1 aromatic heterocycles. The van der Waals surface area contributed by atoms with Gasteiger partial charge in [-0.05, 0) is 24.1 Å². The maximum absolute atomic E-state index is 11.4. The van der Waals surface area contributed by atoms with Gasteiger partial charge in [0.05, 0.1) is 7.11 Å². The van der Waals surface area contributed by atoms with E-state index in [-0.39, 0.29) is 11.8 Å². The number of benzene rings is 1. The summed E-state index contributed by atoms with van der Waals surface area (Å²) in [5.41, 5.74) is 7.75. The summed E-state index contributed by atoms with van der Waals surface area (Å²) in [6.45, 7) is 2.10. The molecule has 0 radical (unpaired) electrons. The predicted octanol–water partition coefficient (Wildman–Crippen LogP) is 3.02. The van der Waals surface area contributed by atoms with Crippen LogP contribution < -0.4 is 5.73 Å². The second-order valence-electron chi connectivity index (χ2n) is 4.29. The Labute approximate surface area is 106 Å². The van der Waals surface area contributed by atoms with Crippen molar-refractivity contribution in [3.8, 4) is 0 Å². The van der Waals surface area contributed by atoms with Crippen molar-refractivity contribution in [2.45, 2.75) is 25.8 Å². The molecule has 18 heavy (non-hydrogen) atoms. The fourth-order valence-corrected chi connectivity index (χ4v) is 1.96. The fourth-order valence-electron chi connectivity index (χ4n) is 1.96. The zero-order valence-corrected chi connectivity index (χ0v) is 10.6. The number of furan rings is 1. The number of carbonyl (C=O) groups is 1. The Morgan fingerprint density at radius 1 is 1.44 bits per heavy atom. The first-order chi connectivity index (χ1) is 8.65. The minimum Gasteiger partial charge on any atom is -0.463 e. The average molecular weight is 247 g/mol. The van der Waals surface area contributed by atoms with Gasteiger partial charge in [-0.3, -0.25) is 0 Å². The first kappa shape index (κ1) is 12.6. The summed E-state index contributed by atoms with van der Waals surface area (Å²) in [6.07, 6.45) is 1.96. The summed E-state index contributed by atoms with van der Waals surface area (Å²) in [6, 6.07) is 7.46. The molecule has 96 valence electrons. The van der Waals surface area contributed by atoms with Crippen molar-refractivity contribution in [1.29, 1.82) is 0 Å². The molecular formula is C14H17NO3. The van der Waals surface area contributed by atoms with E-state index < -0.39 is 5.97 Å². The van der Waals surface area contributed by atoms with Gasteiger partial charge in [-0.1, -0.05) is 25.5 Å². The highest BCUT2D eigenvalue weighted by molar-refractivity contribution is 5.92. The lowest BCUT2D eigenvalue weighted by Gasteiger charge is -2.09. The molecule has 0 aliphatic heterocycles. The number of fused-ring (bicyclic) bond motifs is 1. The van der Waals surface area contributed by atoms with Crippen molar-refractivity contribution in [2.75, 3.05) is 7.11 Å². The molecule has 1 atom stereocenters. The normalized spacial score (nSPS) is 12.6. The van der Waals surface area contributed by atoms with Crippen LogP contribution in [0.4, 0.5) is 0 Å². The number of ether oxygens (including phenoxy) is 1. The van der Waals surface area contributed by atoms with E-state index in [0.717, 1.165) is 23.8 Å². The largest absolute Gasteiger partial charge is 0.463 e. The van der Waals surface area contributed by atoms with Crippen LogP contribution in [0.2, 0.25) is 0 Å². The molecule has 0 spiro atoms. The van der Waals surface area contributed by atoms with Gasteiger partial charge in [-0.15, -0.1) is 0 Å². The van der Waals surface area contributed by atoms with Gasteiger partial charge in [0.25, 0.3) is 0 Å². The zero-order valence-electron chi connectivity index (χ0n) is 10.6. The Kier molecular flexibility index (Phi) is 3.67. The van der Waals surface area contributed by atoms with Gasteiger partial charge in [-0.25, -0.2) is 4.79 Å². The zero-order chi connectivity index (χ0) is 13.1. The molecule has 0 aliphatic carbocycles. The minimum absolute atomic E-state index is 0.00563. The van der Waals surface area contributed by atoms with Crippen molar-refractivity contribution in [1.82, 2.24) is 0 Å². The quantitative estimate of drug-likeness (QED) is 0.843. The van der Waals surface area contributed by atoms with Crippen LogP contribution in [0.5, 0.6) is 0 Å². The maximum Gasteiger partial charge on any atom is 0.373 e. The van der Waals surface area contributed by atoms with E-state index in [4.69, 9.17) is 10.2 Å². The van der Waals surface area contributed by atoms with E-state index in [1.807, 2.05) is 18.2 Å². The standard InChI is InChI=1S/C14H17NO3/c1-3-4-11(15)9-5-6-10-8-13(14(16)17-2)18-12(10)7-9/h5-8,11H,3-4,15H2,1-2H3. The van der Waals surface area contributed by atoms with Gasteiger partial charge in [0.15, 0.2) is 0 Å². The molecule has 2 aromatic rings. The molecule has 0 fully saturated rings. The van der Waals surface area contributed by atoms with Crippen LogP contribution in [0.1, 0.15) is 41.9 Å². The van der Waals surface area contributed by atoms with Crippen LogP contribution in [0.3, 0.4) is 0 Å². The smallest absolute Gasteiger partial charge is 0.373 e. The van der Waals surface area contributed by atoms with E-state index in [1.165, 1.54) is 7.11 Å². The van der Waals surface area contributed by atoms with Gasteiger partial charge < -0.3 is 14.9 Å². The average Bonchev–Trinajstić information content (AvgIpc) is 2.80. The molecule has 1 aromatic carbocycles. The number of esters is 1. The lowest BCUT2D eigenvalue weighted by atomic mass is 10.0. The molecule has 0 bridgehead atoms. The third-order valence-electron chi connectivity index (χ3n) is 2.96. The molecule has 4 heteroatoms. The van der Waals surface area contributed by atoms with Gasteiger partial charge in [0.2, 0.25) is 5.76 Å². The molecule has 0 saturated carbocycles. The van der Waals surface area contributed by atoms with Crippen LogP contribution in [0.15, 0.2) is 28.7 Å². The van der Waals surface area contributed by atoms with Crippen molar-refractivity contribution in [3.05, 3.63) is 35.6 Å². The molecule has 2 N–H and O–H groups in total. The molecule has 0 amide bonds. The fraction of sp³-hybridized carbons (Fsp3) is 0.357. The number of hydrogen-bond donors (Lipinski definition) is 1. The monoisotopic (exact) mass is 247 g/mol. The van der Waals surface area contributed by atoms with Crippen molar-refractivity contribution in [3.63, 3.8) is 0 Å². The molecule has 0 saturated heterocycles. The van der Waals surface area contributed by atoms with E-state index in [9.17, 15) is 4.79 Å². The van der Waals surface area contributed by atoms with Crippen LogP contribution in [-0.4, -0.2) is 13.1 Å². The van der Waals surface area contributed by atoms with Gasteiger partial charge in [-0.2, -0.15) is 0 Å². The van der Waals surface area contributed by atoms with E-state index in [1.54, 1.807) is 6.07 Å². The Morgan fingerprint density at radius 3 is 2.89 bits per heavy atom. The van der Waals surface area contributed by atoms with Crippen molar-refractivity contribution in [2.24, 2.45) is 5.73 Å². The molecule has 4 nitrogen and oxygen atoms in total. The van der Waals surface area contributed by atoms with E-state index >= 15 is 0 Å². The molecule has 1 unspecified atom stereocenters. The SMILES string of the molecule is CCCC(N)c1ccc2cc(C(=O)OC)oc2c1. The maximum atomic E-state index is 11.4. The number of nitrogens with two attached hydrogens (primary N) is 1. The number of hydrogen-bond acceptors (Lipinski definition) is 4. The highest BCUT2D eigenvalue weighted by Gasteiger charge is 2.13. The molecule has 2 rings (SSSR count). The first-order valence-corrected chi connectivity index (χ1v) is 6.03. The van der Waals surface area contributed by atoms with Crippen molar-refractivity contribution < 1.29 is 13.9 Å². The predicted molar refractivity (Wildman–Crippen MR) is 69.4 cm³/mol. The molecule has 1 heterocycles. The van der Waals surface area contributed by atoms with Gasteiger partial charge in [0, 0.05) is 11.4 Å². The topological polar surface area (TPSA) is 65.5 Å². The highest BCUT2D eigenvalue weighted by atomic mass is 16.5. The van der Waals surface area contributed by atoms with Crippen LogP contribution >= 0.6 is 0 Å². The highest BCUT2D eigenvalue weighted by Crippen LogP contribution is 2.25. The second-order valence-corrected chi connectivity index (χ2v) is 4.29. The number of carbonyl (C=O) groups excluding carboxylic acids is 1. The van der Waals surface area contributed by atoms with Crippen molar-refractivity contribution >= 4 is 16.9 Å². The first-order valence-electron chi connectivity index (χ1n) is 6.03. The van der Waals surface area contributed by atoms with E-state index in [0.29, 0.717) is 5.58 Å². The summed E-state index contributed by atoms with van der Waals surface area (Å²) < 4.78 is 10.1. The lowest BCUT2D eigenvalue weighted by molar-refractivity contribution is 0.0567. The van der Waals surface area contributed by atoms with Gasteiger partial charge >= 0.3 is 5.97 Å². The minimum atomic E-state index is -0.467. The second kappa shape index (κ2) is 5.23. The molecular weight excluding hydrogens is 230 g/mol. The van der Waals surface area contributed by atoms with E-state index in [2.05, 4.69) is 11.7 Å². The number of methoxy groups -OCH3 is 1. The van der Waals surface area contributed by atoms with Gasteiger partial charge in [0.1, 0.15) is 5.58 Å². The third kappa shape index (κ3) is 2.38. The summed E-state index contributed by atoms with van der Waals surface area (Å²) in [5.74, 6) is -0.251. The summed E-state index contributed by atoms with van der Waals surface area (Å²) in [5, 5.41) is 0.878. The van der Waals surface area contributed by atoms with Crippen LogP contribution in [0, 0.1) is 0 Å². The van der Waals surface area contributed by atoms with Crippen LogP contribution in [0.25, 0.3) is 11.0 Å².